The van der Waals surface area contributed by atoms with E-state index in [-0.39, 0.29) is 23.6 Å². The summed E-state index contributed by atoms with van der Waals surface area (Å²) in [6.45, 7) is -0.189. The van der Waals surface area contributed by atoms with E-state index in [9.17, 15) is 26.7 Å². The third-order valence-corrected chi connectivity index (χ3v) is 3.56. The summed E-state index contributed by atoms with van der Waals surface area (Å²) in [5, 5.41) is 13.2. The van der Waals surface area contributed by atoms with Crippen LogP contribution in [0, 0.1) is 11.6 Å². The van der Waals surface area contributed by atoms with Crippen molar-refractivity contribution >= 4 is 5.91 Å². The average Bonchev–Trinajstić information content (AvgIpc) is 3.10. The van der Waals surface area contributed by atoms with Gasteiger partial charge in [0.15, 0.2) is 17.5 Å². The zero-order chi connectivity index (χ0) is 19.6. The molecule has 140 valence electrons. The number of alkyl halides is 3. The standard InChI is InChI=1S/C16H10F5N5O/c17-12-6-5-11(7-13(12)18)26-14(23-24-25-26)8-22-15(27)9-1-3-10(4-2-9)16(19,20)21/h1-7H,8H2,(H,22,27). The van der Waals surface area contributed by atoms with E-state index in [1.807, 2.05) is 0 Å². The molecule has 0 saturated heterocycles. The molecule has 0 radical (unpaired) electrons. The lowest BCUT2D eigenvalue weighted by molar-refractivity contribution is -0.137. The number of amides is 1. The Morgan fingerprint density at radius 2 is 1.74 bits per heavy atom. The quantitative estimate of drug-likeness (QED) is 0.704. The number of carbonyl (C=O) groups is 1. The summed E-state index contributed by atoms with van der Waals surface area (Å²) in [7, 11) is 0. The molecule has 27 heavy (non-hydrogen) atoms. The second-order valence-electron chi connectivity index (χ2n) is 5.36. The zero-order valence-corrected chi connectivity index (χ0v) is 13.3. The molecule has 1 heterocycles. The molecule has 0 aliphatic heterocycles. The summed E-state index contributed by atoms with van der Waals surface area (Å²) in [4.78, 5) is 12.1. The Hall–Kier alpha value is -3.37. The smallest absolute Gasteiger partial charge is 0.345 e. The van der Waals surface area contributed by atoms with Crippen LogP contribution in [0.3, 0.4) is 0 Å². The van der Waals surface area contributed by atoms with Crippen LogP contribution in [0.25, 0.3) is 5.69 Å². The fourth-order valence-corrected chi connectivity index (χ4v) is 2.21. The van der Waals surface area contributed by atoms with Crippen LogP contribution >= 0.6 is 0 Å². The van der Waals surface area contributed by atoms with E-state index >= 15 is 0 Å². The second-order valence-corrected chi connectivity index (χ2v) is 5.36. The molecular weight excluding hydrogens is 373 g/mol. The van der Waals surface area contributed by atoms with E-state index in [1.165, 1.54) is 6.07 Å². The lowest BCUT2D eigenvalue weighted by Gasteiger charge is -2.09. The lowest BCUT2D eigenvalue weighted by Crippen LogP contribution is -2.25. The summed E-state index contributed by atoms with van der Waals surface area (Å²) in [6.07, 6.45) is -4.50. The van der Waals surface area contributed by atoms with Gasteiger partial charge in [-0.05, 0) is 46.8 Å². The van der Waals surface area contributed by atoms with Gasteiger partial charge in [-0.1, -0.05) is 0 Å². The molecule has 0 atom stereocenters. The highest BCUT2D eigenvalue weighted by molar-refractivity contribution is 5.94. The Morgan fingerprint density at radius 1 is 1.04 bits per heavy atom. The first-order chi connectivity index (χ1) is 12.8. The molecular formula is C16H10F5N5O. The Bertz CT molecular complexity index is 968. The summed E-state index contributed by atoms with van der Waals surface area (Å²) in [5.74, 6) is -2.67. The fraction of sp³-hybridized carbons (Fsp3) is 0.125. The van der Waals surface area contributed by atoms with Crippen LogP contribution in [0.1, 0.15) is 21.7 Å². The van der Waals surface area contributed by atoms with Gasteiger partial charge >= 0.3 is 6.18 Å². The van der Waals surface area contributed by atoms with Crippen molar-refractivity contribution in [3.8, 4) is 5.69 Å². The normalized spacial score (nSPS) is 11.4. The van der Waals surface area contributed by atoms with E-state index in [0.717, 1.165) is 41.1 Å². The minimum Gasteiger partial charge on any atom is -0.345 e. The number of nitrogens with one attached hydrogen (secondary N) is 1. The van der Waals surface area contributed by atoms with E-state index in [0.29, 0.717) is 0 Å². The molecule has 1 aromatic heterocycles. The number of halogens is 5. The highest BCUT2D eigenvalue weighted by Gasteiger charge is 2.30. The van der Waals surface area contributed by atoms with Crippen molar-refractivity contribution in [2.24, 2.45) is 0 Å². The van der Waals surface area contributed by atoms with Gasteiger partial charge in [0.2, 0.25) is 0 Å². The fourth-order valence-electron chi connectivity index (χ4n) is 2.21. The molecule has 1 amide bonds. The van der Waals surface area contributed by atoms with Crippen molar-refractivity contribution in [3.63, 3.8) is 0 Å². The molecule has 6 nitrogen and oxygen atoms in total. The van der Waals surface area contributed by atoms with Gasteiger partial charge in [0.25, 0.3) is 5.91 Å². The monoisotopic (exact) mass is 383 g/mol. The topological polar surface area (TPSA) is 72.7 Å². The van der Waals surface area contributed by atoms with Crippen LogP contribution in [0.15, 0.2) is 42.5 Å². The number of hydrogen-bond acceptors (Lipinski definition) is 4. The molecule has 1 N–H and O–H groups in total. The van der Waals surface area contributed by atoms with Gasteiger partial charge in [-0.3, -0.25) is 4.79 Å². The van der Waals surface area contributed by atoms with Gasteiger partial charge < -0.3 is 5.32 Å². The lowest BCUT2D eigenvalue weighted by atomic mass is 10.1. The first-order valence-electron chi connectivity index (χ1n) is 7.44. The highest BCUT2D eigenvalue weighted by atomic mass is 19.4. The van der Waals surface area contributed by atoms with E-state index < -0.39 is 29.3 Å². The summed E-state index contributed by atoms with van der Waals surface area (Å²) in [5.41, 5.74) is -0.728. The van der Waals surface area contributed by atoms with Crippen molar-refractivity contribution < 1.29 is 26.7 Å². The van der Waals surface area contributed by atoms with Gasteiger partial charge in [-0.15, -0.1) is 5.10 Å². The van der Waals surface area contributed by atoms with Crippen LogP contribution < -0.4 is 5.32 Å². The second kappa shape index (κ2) is 7.09. The number of benzene rings is 2. The van der Waals surface area contributed by atoms with Crippen molar-refractivity contribution in [1.29, 1.82) is 0 Å². The summed E-state index contributed by atoms with van der Waals surface area (Å²) >= 11 is 0. The number of carbonyl (C=O) groups excluding carboxylic acids is 1. The Kier molecular flexibility index (Phi) is 4.84. The van der Waals surface area contributed by atoms with Crippen molar-refractivity contribution in [1.82, 2.24) is 25.5 Å². The maximum Gasteiger partial charge on any atom is 0.416 e. The third-order valence-electron chi connectivity index (χ3n) is 3.56. The molecule has 0 spiro atoms. The van der Waals surface area contributed by atoms with E-state index in [2.05, 4.69) is 20.8 Å². The highest BCUT2D eigenvalue weighted by Crippen LogP contribution is 2.29. The first kappa shape index (κ1) is 18.4. The Balaban J connectivity index is 1.71. The SMILES string of the molecule is O=C(NCc1nnnn1-c1ccc(F)c(F)c1)c1ccc(C(F)(F)F)cc1. The number of aromatic nitrogens is 4. The predicted molar refractivity (Wildman–Crippen MR) is 81.7 cm³/mol. The van der Waals surface area contributed by atoms with Crippen molar-refractivity contribution in [3.05, 3.63) is 71.1 Å². The summed E-state index contributed by atoms with van der Waals surface area (Å²) < 4.78 is 65.1. The summed E-state index contributed by atoms with van der Waals surface area (Å²) in [6, 6.07) is 6.69. The van der Waals surface area contributed by atoms with Gasteiger partial charge in [0.05, 0.1) is 17.8 Å². The van der Waals surface area contributed by atoms with Gasteiger partial charge in [-0.25, -0.2) is 8.78 Å². The van der Waals surface area contributed by atoms with Crippen LogP contribution in [-0.4, -0.2) is 26.1 Å². The minimum absolute atomic E-state index is 0.00912. The number of rotatable bonds is 4. The van der Waals surface area contributed by atoms with Crippen molar-refractivity contribution in [2.45, 2.75) is 12.7 Å². The van der Waals surface area contributed by atoms with Gasteiger partial charge in [0.1, 0.15) is 0 Å². The van der Waals surface area contributed by atoms with Crippen LogP contribution in [0.2, 0.25) is 0 Å². The van der Waals surface area contributed by atoms with Gasteiger partial charge in [-0.2, -0.15) is 17.9 Å². The van der Waals surface area contributed by atoms with Crippen molar-refractivity contribution in [2.75, 3.05) is 0 Å². The molecule has 0 bridgehead atoms. The number of nitrogens with zero attached hydrogens (tertiary/aromatic N) is 4. The minimum atomic E-state index is -4.50. The molecule has 2 aromatic carbocycles. The maximum atomic E-state index is 13.3. The van der Waals surface area contributed by atoms with E-state index in [4.69, 9.17) is 0 Å². The number of hydrogen-bond donors (Lipinski definition) is 1. The van der Waals surface area contributed by atoms with Crippen LogP contribution in [-0.2, 0) is 12.7 Å². The van der Waals surface area contributed by atoms with Gasteiger partial charge in [0, 0.05) is 11.6 Å². The zero-order valence-electron chi connectivity index (χ0n) is 13.3. The number of tetrazole rings is 1. The Labute approximate surface area is 148 Å². The molecule has 11 heteroatoms. The molecule has 0 fully saturated rings. The predicted octanol–water partition coefficient (Wildman–Crippen LogP) is 2.89. The largest absolute Gasteiger partial charge is 0.416 e. The molecule has 0 saturated carbocycles. The molecule has 0 aliphatic rings. The maximum absolute atomic E-state index is 13.3. The van der Waals surface area contributed by atoms with Crippen LogP contribution in [0.4, 0.5) is 22.0 Å². The molecule has 3 aromatic rings. The average molecular weight is 383 g/mol. The molecule has 0 aliphatic carbocycles. The van der Waals surface area contributed by atoms with E-state index in [1.54, 1.807) is 0 Å². The van der Waals surface area contributed by atoms with Crippen LogP contribution in [0.5, 0.6) is 0 Å². The molecule has 3 rings (SSSR count). The Morgan fingerprint density at radius 3 is 2.37 bits per heavy atom. The molecule has 0 unspecified atom stereocenters. The third kappa shape index (κ3) is 4.07. The first-order valence-corrected chi connectivity index (χ1v) is 7.44.